The van der Waals surface area contributed by atoms with Crippen LogP contribution in [0.25, 0.3) is 0 Å². The second kappa shape index (κ2) is 14.3. The van der Waals surface area contributed by atoms with Crippen molar-refractivity contribution < 1.29 is 22.8 Å². The fourth-order valence-corrected chi connectivity index (χ4v) is 6.95. The first kappa shape index (κ1) is 38.0. The molecule has 1 saturated carbocycles. The normalized spacial score (nSPS) is 17.0. The SMILES string of the molecule is CN[C@H](C(=O)N[C@H](C(=O)N(C)[C@H](/C=C(\C)C(=O)NS(=O)(=O)c1ccc(C2(C)CC2)cc1)C(C)C)C(C)(C)C)C(C)(C)c1ccccc1. The van der Waals surface area contributed by atoms with E-state index in [1.54, 1.807) is 32.3 Å². The van der Waals surface area contributed by atoms with Crippen molar-refractivity contribution in [1.82, 2.24) is 20.3 Å². The number of rotatable bonds is 13. The highest BCUT2D eigenvalue weighted by Gasteiger charge is 2.42. The van der Waals surface area contributed by atoms with Crippen LogP contribution in [0.4, 0.5) is 0 Å². The Hall–Kier alpha value is -3.50. The molecule has 2 aromatic carbocycles. The average Bonchev–Trinajstić information content (AvgIpc) is 3.75. The molecule has 258 valence electrons. The third-order valence-electron chi connectivity index (χ3n) is 9.54. The van der Waals surface area contributed by atoms with E-state index in [4.69, 9.17) is 0 Å². The van der Waals surface area contributed by atoms with Crippen molar-refractivity contribution in [1.29, 1.82) is 0 Å². The zero-order chi connectivity index (χ0) is 35.5. The van der Waals surface area contributed by atoms with Crippen molar-refractivity contribution in [3.8, 4) is 0 Å². The van der Waals surface area contributed by atoms with Crippen molar-refractivity contribution in [2.24, 2.45) is 11.3 Å². The molecule has 0 bridgehead atoms. The quantitative estimate of drug-likeness (QED) is 0.257. The number of nitrogens with one attached hydrogen (secondary N) is 3. The van der Waals surface area contributed by atoms with Crippen molar-refractivity contribution in [3.63, 3.8) is 0 Å². The highest BCUT2D eigenvalue weighted by molar-refractivity contribution is 7.90. The lowest BCUT2D eigenvalue weighted by atomic mass is 9.76. The third-order valence-corrected chi connectivity index (χ3v) is 10.9. The highest BCUT2D eigenvalue weighted by Crippen LogP contribution is 2.47. The van der Waals surface area contributed by atoms with Crippen LogP contribution in [0.5, 0.6) is 0 Å². The Kier molecular flexibility index (Phi) is 11.6. The van der Waals surface area contributed by atoms with E-state index in [0.717, 1.165) is 24.0 Å². The number of amides is 3. The fourth-order valence-electron chi connectivity index (χ4n) is 5.94. The van der Waals surface area contributed by atoms with Crippen LogP contribution in [0.2, 0.25) is 0 Å². The van der Waals surface area contributed by atoms with Gasteiger partial charge in [0.25, 0.3) is 15.9 Å². The molecule has 0 radical (unpaired) electrons. The minimum Gasteiger partial charge on any atom is -0.342 e. The number of hydrogen-bond acceptors (Lipinski definition) is 6. The van der Waals surface area contributed by atoms with Gasteiger partial charge in [-0.3, -0.25) is 14.4 Å². The summed E-state index contributed by atoms with van der Waals surface area (Å²) in [6, 6.07) is 14.3. The maximum Gasteiger partial charge on any atom is 0.264 e. The lowest BCUT2D eigenvalue weighted by Gasteiger charge is -2.40. The first-order valence-electron chi connectivity index (χ1n) is 16.3. The van der Waals surface area contributed by atoms with Crippen LogP contribution >= 0.6 is 0 Å². The van der Waals surface area contributed by atoms with Crippen molar-refractivity contribution in [2.45, 2.75) is 109 Å². The number of carbonyl (C=O) groups excluding carboxylic acids is 3. The predicted molar refractivity (Wildman–Crippen MR) is 187 cm³/mol. The molecule has 3 atom stereocenters. The summed E-state index contributed by atoms with van der Waals surface area (Å²) in [6.45, 7) is 17.1. The number of carbonyl (C=O) groups is 3. The second-order valence-electron chi connectivity index (χ2n) is 15.2. The second-order valence-corrected chi connectivity index (χ2v) is 16.9. The Balaban J connectivity index is 1.80. The molecular formula is C37H54N4O5S. The molecule has 0 saturated heterocycles. The van der Waals surface area contributed by atoms with E-state index in [1.165, 1.54) is 24.0 Å². The molecule has 3 amide bonds. The largest absolute Gasteiger partial charge is 0.342 e. The summed E-state index contributed by atoms with van der Waals surface area (Å²) in [5.74, 6) is -1.52. The Morgan fingerprint density at radius 3 is 1.94 bits per heavy atom. The summed E-state index contributed by atoms with van der Waals surface area (Å²) in [5.41, 5.74) is 1.10. The molecule has 1 aliphatic rings. The Labute approximate surface area is 282 Å². The minimum absolute atomic E-state index is 0.0124. The van der Waals surface area contributed by atoms with Gasteiger partial charge in [-0.2, -0.15) is 0 Å². The van der Waals surface area contributed by atoms with E-state index in [2.05, 4.69) is 22.3 Å². The standard InChI is InChI=1S/C37H54N4O5S/c1-24(2)29(23-25(3)32(42)40-47(45,46)28-19-17-27(18-20-28)37(9)21-22-37)41(11)34(44)31(35(4,5)6)39-33(43)30(38-10)36(7,8)26-15-13-12-14-16-26/h12-20,23-24,29-31,38H,21-22H2,1-11H3,(H,39,43)(H,40,42)/b25-23+/t29-,30-,31-/m1/s1. The summed E-state index contributed by atoms with van der Waals surface area (Å²) < 4.78 is 28.3. The molecule has 0 spiro atoms. The van der Waals surface area contributed by atoms with E-state index in [0.29, 0.717) is 0 Å². The maximum absolute atomic E-state index is 14.1. The molecule has 10 heteroatoms. The fraction of sp³-hybridized carbons (Fsp3) is 0.541. The van der Waals surface area contributed by atoms with Crippen LogP contribution in [0, 0.1) is 11.3 Å². The van der Waals surface area contributed by atoms with Crippen LogP contribution in [-0.2, 0) is 35.2 Å². The monoisotopic (exact) mass is 666 g/mol. The predicted octanol–water partition coefficient (Wildman–Crippen LogP) is 5.07. The van der Waals surface area contributed by atoms with Gasteiger partial charge in [0.2, 0.25) is 11.8 Å². The molecule has 0 aliphatic heterocycles. The van der Waals surface area contributed by atoms with Gasteiger partial charge in [0, 0.05) is 18.0 Å². The number of sulfonamides is 1. The zero-order valence-corrected chi connectivity index (χ0v) is 30.7. The Morgan fingerprint density at radius 1 is 0.915 bits per heavy atom. The number of likely N-dealkylation sites (N-methyl/N-ethyl adjacent to an activating group) is 2. The van der Waals surface area contributed by atoms with E-state index in [-0.39, 0.29) is 33.6 Å². The molecule has 3 N–H and O–H groups in total. The number of hydrogen-bond donors (Lipinski definition) is 3. The van der Waals surface area contributed by atoms with Gasteiger partial charge >= 0.3 is 0 Å². The number of nitrogens with zero attached hydrogens (tertiary/aromatic N) is 1. The summed E-state index contributed by atoms with van der Waals surface area (Å²) in [6.07, 6.45) is 3.75. The van der Waals surface area contributed by atoms with Gasteiger partial charge in [-0.15, -0.1) is 0 Å². The van der Waals surface area contributed by atoms with Crippen LogP contribution < -0.4 is 15.4 Å². The van der Waals surface area contributed by atoms with E-state index in [9.17, 15) is 22.8 Å². The summed E-state index contributed by atoms with van der Waals surface area (Å²) >= 11 is 0. The molecule has 0 aromatic heterocycles. The van der Waals surface area contributed by atoms with E-state index >= 15 is 0 Å². The Morgan fingerprint density at radius 2 is 1.47 bits per heavy atom. The van der Waals surface area contributed by atoms with Crippen molar-refractivity contribution in [3.05, 3.63) is 77.4 Å². The first-order chi connectivity index (χ1) is 21.7. The average molecular weight is 667 g/mol. The molecule has 1 aliphatic carbocycles. The summed E-state index contributed by atoms with van der Waals surface area (Å²) in [4.78, 5) is 42.6. The molecular weight excluding hydrogens is 612 g/mol. The van der Waals surface area contributed by atoms with Gasteiger partial charge in [-0.05, 0) is 66.8 Å². The van der Waals surface area contributed by atoms with E-state index < -0.39 is 44.9 Å². The lowest BCUT2D eigenvalue weighted by Crippen LogP contribution is -2.61. The van der Waals surface area contributed by atoms with Crippen molar-refractivity contribution >= 4 is 27.7 Å². The molecule has 47 heavy (non-hydrogen) atoms. The highest BCUT2D eigenvalue weighted by atomic mass is 32.2. The molecule has 0 unspecified atom stereocenters. The first-order valence-corrected chi connectivity index (χ1v) is 17.8. The summed E-state index contributed by atoms with van der Waals surface area (Å²) in [5, 5.41) is 6.18. The minimum atomic E-state index is -4.10. The van der Waals surface area contributed by atoms with Gasteiger partial charge < -0.3 is 15.5 Å². The van der Waals surface area contributed by atoms with Crippen LogP contribution in [0.1, 0.15) is 86.3 Å². The zero-order valence-electron chi connectivity index (χ0n) is 29.9. The van der Waals surface area contributed by atoms with Gasteiger partial charge in [0.15, 0.2) is 0 Å². The van der Waals surface area contributed by atoms with Gasteiger partial charge in [0.1, 0.15) is 6.04 Å². The third kappa shape index (κ3) is 8.90. The van der Waals surface area contributed by atoms with Crippen LogP contribution in [0.15, 0.2) is 71.1 Å². The van der Waals surface area contributed by atoms with Crippen LogP contribution in [0.3, 0.4) is 0 Å². The van der Waals surface area contributed by atoms with E-state index in [1.807, 2.05) is 78.8 Å². The van der Waals surface area contributed by atoms with Crippen molar-refractivity contribution in [2.75, 3.05) is 14.1 Å². The molecule has 0 heterocycles. The maximum atomic E-state index is 14.1. The van der Waals surface area contributed by atoms with Gasteiger partial charge in [-0.1, -0.05) is 104 Å². The van der Waals surface area contributed by atoms with Gasteiger partial charge in [-0.25, -0.2) is 13.1 Å². The van der Waals surface area contributed by atoms with Gasteiger partial charge in [0.05, 0.1) is 17.0 Å². The Bertz CT molecular complexity index is 1570. The lowest BCUT2D eigenvalue weighted by molar-refractivity contribution is -0.140. The topological polar surface area (TPSA) is 125 Å². The molecule has 9 nitrogen and oxygen atoms in total. The smallest absolute Gasteiger partial charge is 0.264 e. The molecule has 2 aromatic rings. The molecule has 3 rings (SSSR count). The molecule has 1 fully saturated rings. The number of benzene rings is 2. The van der Waals surface area contributed by atoms with Crippen LogP contribution in [-0.4, -0.2) is 63.3 Å². The summed E-state index contributed by atoms with van der Waals surface area (Å²) in [7, 11) is -0.734.